The largest absolute Gasteiger partial charge is 0.342 e. The van der Waals surface area contributed by atoms with Crippen LogP contribution in [0.15, 0.2) is 24.4 Å². The topological polar surface area (TPSA) is 40.7 Å². The summed E-state index contributed by atoms with van der Waals surface area (Å²) in [5, 5.41) is 3.31. The predicted molar refractivity (Wildman–Crippen MR) is 68.6 cm³/mol. The lowest BCUT2D eigenvalue weighted by Crippen LogP contribution is -2.11. The first-order chi connectivity index (χ1) is 9.22. The maximum absolute atomic E-state index is 13.2. The molecule has 19 heavy (non-hydrogen) atoms. The summed E-state index contributed by atoms with van der Waals surface area (Å²) in [6.45, 7) is 2.07. The Balaban J connectivity index is 1.78. The molecule has 5 heteroatoms. The van der Waals surface area contributed by atoms with Crippen molar-refractivity contribution in [3.05, 3.63) is 41.9 Å². The van der Waals surface area contributed by atoms with Gasteiger partial charge in [-0.15, -0.1) is 0 Å². The van der Waals surface area contributed by atoms with Crippen LogP contribution >= 0.6 is 0 Å². The molecule has 1 aromatic heterocycles. The smallest absolute Gasteiger partial charge is 0.159 e. The molecular formula is C14H15F2N3. The lowest BCUT2D eigenvalue weighted by Gasteiger charge is -2.04. The van der Waals surface area contributed by atoms with Gasteiger partial charge >= 0.3 is 0 Å². The number of aromatic nitrogens is 2. The van der Waals surface area contributed by atoms with Crippen LogP contribution < -0.4 is 5.32 Å². The molecule has 2 aromatic rings. The van der Waals surface area contributed by atoms with Crippen LogP contribution in [0.25, 0.3) is 11.3 Å². The number of hydrogen-bond acceptors (Lipinski definition) is 2. The highest BCUT2D eigenvalue weighted by atomic mass is 19.2. The van der Waals surface area contributed by atoms with E-state index in [1.807, 2.05) is 0 Å². The van der Waals surface area contributed by atoms with Gasteiger partial charge in [-0.1, -0.05) is 0 Å². The molecule has 3 rings (SSSR count). The molecule has 0 aliphatic carbocycles. The fraction of sp³-hybridized carbons (Fsp3) is 0.357. The number of nitrogens with zero attached hydrogens (tertiary/aromatic N) is 1. The highest BCUT2D eigenvalue weighted by Gasteiger charge is 2.16. The number of imidazole rings is 1. The fourth-order valence-electron chi connectivity index (χ4n) is 2.44. The average Bonchev–Trinajstić information content (AvgIpc) is 3.05. The highest BCUT2D eigenvalue weighted by Crippen LogP contribution is 2.21. The molecule has 1 saturated heterocycles. The van der Waals surface area contributed by atoms with E-state index in [9.17, 15) is 8.78 Å². The number of aromatic amines is 1. The van der Waals surface area contributed by atoms with Crippen LogP contribution in [-0.2, 0) is 6.42 Å². The van der Waals surface area contributed by atoms with Crippen LogP contribution in [0.4, 0.5) is 8.78 Å². The zero-order valence-electron chi connectivity index (χ0n) is 10.4. The van der Waals surface area contributed by atoms with E-state index < -0.39 is 11.6 Å². The summed E-state index contributed by atoms with van der Waals surface area (Å²) < 4.78 is 26.1. The summed E-state index contributed by atoms with van der Waals surface area (Å²) in [4.78, 5) is 7.48. The second-order valence-electron chi connectivity index (χ2n) is 4.94. The summed E-state index contributed by atoms with van der Waals surface area (Å²) >= 11 is 0. The Labute approximate surface area is 110 Å². The van der Waals surface area contributed by atoms with E-state index in [4.69, 9.17) is 0 Å². The Bertz CT molecular complexity index is 574. The predicted octanol–water partition coefficient (Wildman–Crippen LogP) is 2.51. The Morgan fingerprint density at radius 3 is 2.89 bits per heavy atom. The van der Waals surface area contributed by atoms with Gasteiger partial charge < -0.3 is 10.3 Å². The van der Waals surface area contributed by atoms with Crippen LogP contribution in [0.1, 0.15) is 12.2 Å². The number of halogens is 2. The zero-order chi connectivity index (χ0) is 13.2. The molecule has 100 valence electrons. The van der Waals surface area contributed by atoms with Crippen molar-refractivity contribution < 1.29 is 8.78 Å². The Morgan fingerprint density at radius 2 is 2.16 bits per heavy atom. The molecule has 3 nitrogen and oxygen atoms in total. The normalized spacial score (nSPS) is 18.9. The van der Waals surface area contributed by atoms with Crippen molar-refractivity contribution in [2.24, 2.45) is 5.92 Å². The van der Waals surface area contributed by atoms with Crippen LogP contribution in [0, 0.1) is 17.6 Å². The highest BCUT2D eigenvalue weighted by molar-refractivity contribution is 5.58. The van der Waals surface area contributed by atoms with Crippen molar-refractivity contribution >= 4 is 0 Å². The van der Waals surface area contributed by atoms with Crippen molar-refractivity contribution in [3.63, 3.8) is 0 Å². The number of benzene rings is 1. The maximum Gasteiger partial charge on any atom is 0.159 e. The summed E-state index contributed by atoms with van der Waals surface area (Å²) in [5.74, 6) is -0.174. The minimum atomic E-state index is -0.839. The molecule has 0 radical (unpaired) electrons. The first kappa shape index (κ1) is 12.3. The van der Waals surface area contributed by atoms with Gasteiger partial charge in [0.1, 0.15) is 5.82 Å². The molecule has 0 spiro atoms. The third kappa shape index (κ3) is 2.66. The van der Waals surface area contributed by atoms with E-state index in [1.165, 1.54) is 6.07 Å². The van der Waals surface area contributed by atoms with Crippen LogP contribution in [0.2, 0.25) is 0 Å². The molecule has 0 bridgehead atoms. The molecule has 1 aliphatic rings. The molecule has 1 aromatic carbocycles. The number of H-pyrrole nitrogens is 1. The third-order valence-electron chi connectivity index (χ3n) is 3.50. The quantitative estimate of drug-likeness (QED) is 0.893. The molecule has 2 N–H and O–H groups in total. The zero-order valence-corrected chi connectivity index (χ0v) is 10.4. The summed E-state index contributed by atoms with van der Waals surface area (Å²) in [5.41, 5.74) is 1.34. The molecule has 1 fully saturated rings. The number of rotatable bonds is 3. The molecule has 1 aliphatic heterocycles. The average molecular weight is 263 g/mol. The molecular weight excluding hydrogens is 248 g/mol. The second-order valence-corrected chi connectivity index (χ2v) is 4.94. The standard InChI is InChI=1S/C14H15F2N3/c15-11-2-1-10(6-12(11)16)13-8-18-14(19-13)5-9-3-4-17-7-9/h1-2,6,8-9,17H,3-5,7H2,(H,18,19). The van der Waals surface area contributed by atoms with Crippen LogP contribution in [-0.4, -0.2) is 23.1 Å². The lowest BCUT2D eigenvalue weighted by atomic mass is 10.1. The van der Waals surface area contributed by atoms with Crippen LogP contribution in [0.3, 0.4) is 0 Å². The van der Waals surface area contributed by atoms with Crippen molar-refractivity contribution in [1.29, 1.82) is 0 Å². The summed E-state index contributed by atoms with van der Waals surface area (Å²) in [6.07, 6.45) is 3.71. The minimum absolute atomic E-state index is 0.601. The molecule has 0 amide bonds. The van der Waals surface area contributed by atoms with Gasteiger partial charge in [-0.3, -0.25) is 0 Å². The molecule has 2 heterocycles. The fourth-order valence-corrected chi connectivity index (χ4v) is 2.44. The van der Waals surface area contributed by atoms with Crippen molar-refractivity contribution in [2.75, 3.05) is 13.1 Å². The Hall–Kier alpha value is -1.75. The molecule has 0 saturated carbocycles. The summed E-state index contributed by atoms with van der Waals surface area (Å²) in [7, 11) is 0. The first-order valence-corrected chi connectivity index (χ1v) is 6.42. The number of hydrogen-bond donors (Lipinski definition) is 2. The minimum Gasteiger partial charge on any atom is -0.342 e. The van der Waals surface area contributed by atoms with E-state index in [0.717, 1.165) is 43.5 Å². The van der Waals surface area contributed by atoms with Gasteiger partial charge in [0.05, 0.1) is 11.9 Å². The summed E-state index contributed by atoms with van der Waals surface area (Å²) in [6, 6.07) is 3.86. The number of nitrogens with one attached hydrogen (secondary N) is 2. The van der Waals surface area contributed by atoms with E-state index in [0.29, 0.717) is 11.5 Å². The van der Waals surface area contributed by atoms with E-state index >= 15 is 0 Å². The molecule has 1 unspecified atom stereocenters. The van der Waals surface area contributed by atoms with E-state index in [-0.39, 0.29) is 0 Å². The maximum atomic E-state index is 13.2. The van der Waals surface area contributed by atoms with Gasteiger partial charge in [0.15, 0.2) is 11.6 Å². The van der Waals surface area contributed by atoms with Gasteiger partial charge in [0.2, 0.25) is 0 Å². The second kappa shape index (κ2) is 5.09. The molecule has 1 atom stereocenters. The van der Waals surface area contributed by atoms with Crippen molar-refractivity contribution in [3.8, 4) is 11.3 Å². The van der Waals surface area contributed by atoms with E-state index in [2.05, 4.69) is 15.3 Å². The Morgan fingerprint density at radius 1 is 1.26 bits per heavy atom. The SMILES string of the molecule is Fc1ccc(-c2cnc(CC3CCNC3)[nH]2)cc1F. The van der Waals surface area contributed by atoms with Crippen molar-refractivity contribution in [1.82, 2.24) is 15.3 Å². The van der Waals surface area contributed by atoms with Crippen LogP contribution in [0.5, 0.6) is 0 Å². The van der Waals surface area contributed by atoms with Gasteiger partial charge in [-0.25, -0.2) is 13.8 Å². The lowest BCUT2D eigenvalue weighted by molar-refractivity contribution is 0.509. The van der Waals surface area contributed by atoms with Gasteiger partial charge in [-0.05, 0) is 43.6 Å². The van der Waals surface area contributed by atoms with Crippen molar-refractivity contribution in [2.45, 2.75) is 12.8 Å². The van der Waals surface area contributed by atoms with Gasteiger partial charge in [0.25, 0.3) is 0 Å². The monoisotopic (exact) mass is 263 g/mol. The first-order valence-electron chi connectivity index (χ1n) is 6.42. The van der Waals surface area contributed by atoms with E-state index in [1.54, 1.807) is 12.3 Å². The van der Waals surface area contributed by atoms with Gasteiger partial charge in [-0.2, -0.15) is 0 Å². The third-order valence-corrected chi connectivity index (χ3v) is 3.50. The van der Waals surface area contributed by atoms with Gasteiger partial charge in [0, 0.05) is 12.0 Å². The Kier molecular flexibility index (Phi) is 3.29.